The third kappa shape index (κ3) is 2.80. The van der Waals surface area contributed by atoms with Gasteiger partial charge in [0.25, 0.3) is 0 Å². The second-order valence-corrected chi connectivity index (χ2v) is 6.00. The highest BCUT2D eigenvalue weighted by Gasteiger charge is 2.42. The van der Waals surface area contributed by atoms with Crippen LogP contribution in [0.3, 0.4) is 0 Å². The Morgan fingerprint density at radius 1 is 1.12 bits per heavy atom. The number of rotatable bonds is 7. The van der Waals surface area contributed by atoms with E-state index in [0.29, 0.717) is 0 Å². The van der Waals surface area contributed by atoms with E-state index in [4.69, 9.17) is 0 Å². The SMILES string of the molecule is CCCCCC(NCC)C1CC2CCC1C2. The zero-order valence-electron chi connectivity index (χ0n) is 11.2. The van der Waals surface area contributed by atoms with Gasteiger partial charge in [-0.2, -0.15) is 0 Å². The first kappa shape index (κ1) is 12.4. The Bertz CT molecular complexity index is 202. The Kier molecular flexibility index (Phi) is 4.69. The van der Waals surface area contributed by atoms with Gasteiger partial charge in [0.2, 0.25) is 0 Å². The van der Waals surface area contributed by atoms with E-state index in [-0.39, 0.29) is 0 Å². The van der Waals surface area contributed by atoms with E-state index in [2.05, 4.69) is 19.2 Å². The van der Waals surface area contributed by atoms with Crippen molar-refractivity contribution in [2.24, 2.45) is 17.8 Å². The van der Waals surface area contributed by atoms with Crippen LogP contribution in [0.25, 0.3) is 0 Å². The van der Waals surface area contributed by atoms with Crippen LogP contribution in [0.1, 0.15) is 65.2 Å². The van der Waals surface area contributed by atoms with Crippen LogP contribution in [0.5, 0.6) is 0 Å². The second kappa shape index (κ2) is 6.05. The standard InChI is InChI=1S/C15H29N/c1-3-5-6-7-15(16-4-2)14-11-12-8-9-13(14)10-12/h12-16H,3-11H2,1-2H3. The third-order valence-electron chi connectivity index (χ3n) is 4.89. The van der Waals surface area contributed by atoms with Crippen LogP contribution in [0.2, 0.25) is 0 Å². The molecule has 2 aliphatic rings. The lowest BCUT2D eigenvalue weighted by Crippen LogP contribution is -2.38. The highest BCUT2D eigenvalue weighted by Crippen LogP contribution is 2.50. The molecule has 94 valence electrons. The minimum Gasteiger partial charge on any atom is -0.314 e. The molecule has 1 nitrogen and oxygen atoms in total. The summed E-state index contributed by atoms with van der Waals surface area (Å²) in [5, 5.41) is 3.77. The topological polar surface area (TPSA) is 12.0 Å². The number of hydrogen-bond acceptors (Lipinski definition) is 1. The minimum atomic E-state index is 0.840. The summed E-state index contributed by atoms with van der Waals surface area (Å²) in [5.74, 6) is 3.20. The van der Waals surface area contributed by atoms with Crippen LogP contribution in [0, 0.1) is 17.8 Å². The van der Waals surface area contributed by atoms with Crippen LogP contribution < -0.4 is 5.32 Å². The maximum absolute atomic E-state index is 3.77. The van der Waals surface area contributed by atoms with Gasteiger partial charge >= 0.3 is 0 Å². The molecule has 0 radical (unpaired) electrons. The van der Waals surface area contributed by atoms with E-state index in [1.54, 1.807) is 6.42 Å². The van der Waals surface area contributed by atoms with Crippen LogP contribution in [0.15, 0.2) is 0 Å². The Morgan fingerprint density at radius 2 is 2.00 bits per heavy atom. The molecule has 2 bridgehead atoms. The monoisotopic (exact) mass is 223 g/mol. The van der Waals surface area contributed by atoms with Crippen molar-refractivity contribution in [3.05, 3.63) is 0 Å². The molecule has 0 aromatic carbocycles. The fraction of sp³-hybridized carbons (Fsp3) is 1.00. The smallest absolute Gasteiger partial charge is 0.00979 e. The predicted molar refractivity (Wildman–Crippen MR) is 70.5 cm³/mol. The highest BCUT2D eigenvalue weighted by atomic mass is 14.9. The molecule has 0 aromatic heterocycles. The van der Waals surface area contributed by atoms with E-state index in [1.807, 2.05) is 0 Å². The van der Waals surface area contributed by atoms with E-state index in [1.165, 1.54) is 44.9 Å². The largest absolute Gasteiger partial charge is 0.314 e. The summed E-state index contributed by atoms with van der Waals surface area (Å²) >= 11 is 0. The highest BCUT2D eigenvalue weighted by molar-refractivity contribution is 4.95. The van der Waals surface area contributed by atoms with Crippen molar-refractivity contribution in [2.75, 3.05) is 6.54 Å². The molecule has 16 heavy (non-hydrogen) atoms. The van der Waals surface area contributed by atoms with Crippen molar-refractivity contribution in [1.29, 1.82) is 0 Å². The van der Waals surface area contributed by atoms with Gasteiger partial charge in [-0.15, -0.1) is 0 Å². The third-order valence-corrected chi connectivity index (χ3v) is 4.89. The summed E-state index contributed by atoms with van der Waals surface area (Å²) in [4.78, 5) is 0. The van der Waals surface area contributed by atoms with Gasteiger partial charge in [-0.25, -0.2) is 0 Å². The summed E-state index contributed by atoms with van der Waals surface area (Å²) in [6.45, 7) is 5.73. The molecule has 2 fully saturated rings. The van der Waals surface area contributed by atoms with Crippen molar-refractivity contribution in [2.45, 2.75) is 71.3 Å². The molecular formula is C15H29N. The fourth-order valence-electron chi connectivity index (χ4n) is 4.13. The molecule has 0 aromatic rings. The summed E-state index contributed by atoms with van der Waals surface area (Å²) < 4.78 is 0. The Balaban J connectivity index is 1.81. The van der Waals surface area contributed by atoms with Crippen LogP contribution in [-0.2, 0) is 0 Å². The van der Waals surface area contributed by atoms with E-state index >= 15 is 0 Å². The molecule has 1 N–H and O–H groups in total. The number of unbranched alkanes of at least 4 members (excludes halogenated alkanes) is 2. The first-order chi connectivity index (χ1) is 7.85. The maximum Gasteiger partial charge on any atom is 0.00979 e. The van der Waals surface area contributed by atoms with Crippen LogP contribution in [0.4, 0.5) is 0 Å². The van der Waals surface area contributed by atoms with E-state index < -0.39 is 0 Å². The zero-order valence-corrected chi connectivity index (χ0v) is 11.2. The first-order valence-corrected chi connectivity index (χ1v) is 7.58. The summed E-state index contributed by atoms with van der Waals surface area (Å²) in [7, 11) is 0. The average Bonchev–Trinajstić information content (AvgIpc) is 2.90. The van der Waals surface area contributed by atoms with Gasteiger partial charge in [-0.1, -0.05) is 39.5 Å². The fourth-order valence-corrected chi connectivity index (χ4v) is 4.13. The van der Waals surface area contributed by atoms with Crippen LogP contribution in [-0.4, -0.2) is 12.6 Å². The number of nitrogens with one attached hydrogen (secondary N) is 1. The molecule has 0 amide bonds. The predicted octanol–water partition coefficient (Wildman–Crippen LogP) is 3.98. The van der Waals surface area contributed by atoms with Crippen molar-refractivity contribution in [3.63, 3.8) is 0 Å². The lowest BCUT2D eigenvalue weighted by Gasteiger charge is -2.31. The van der Waals surface area contributed by atoms with E-state index in [9.17, 15) is 0 Å². The van der Waals surface area contributed by atoms with Gasteiger partial charge in [-0.05, 0) is 50.0 Å². The second-order valence-electron chi connectivity index (χ2n) is 6.00. The summed E-state index contributed by atoms with van der Waals surface area (Å²) in [6, 6.07) is 0.840. The summed E-state index contributed by atoms with van der Waals surface area (Å²) in [6.07, 6.45) is 11.8. The molecular weight excluding hydrogens is 194 g/mol. The zero-order chi connectivity index (χ0) is 11.4. The average molecular weight is 223 g/mol. The molecule has 4 atom stereocenters. The Labute approximate surface area is 101 Å². The van der Waals surface area contributed by atoms with Gasteiger partial charge < -0.3 is 5.32 Å². The van der Waals surface area contributed by atoms with E-state index in [0.717, 1.165) is 30.3 Å². The molecule has 0 spiro atoms. The molecule has 0 aliphatic heterocycles. The lowest BCUT2D eigenvalue weighted by molar-refractivity contribution is 0.237. The molecule has 2 rings (SSSR count). The normalized spacial score (nSPS) is 34.5. The first-order valence-electron chi connectivity index (χ1n) is 7.58. The Morgan fingerprint density at radius 3 is 2.56 bits per heavy atom. The Hall–Kier alpha value is -0.0400. The van der Waals surface area contributed by atoms with Gasteiger partial charge in [0.05, 0.1) is 0 Å². The summed E-state index contributed by atoms with van der Waals surface area (Å²) in [5.41, 5.74) is 0. The molecule has 0 heterocycles. The molecule has 2 aliphatic carbocycles. The van der Waals surface area contributed by atoms with Gasteiger partial charge in [0.1, 0.15) is 0 Å². The lowest BCUT2D eigenvalue weighted by atomic mass is 9.81. The van der Waals surface area contributed by atoms with Crippen molar-refractivity contribution in [3.8, 4) is 0 Å². The van der Waals surface area contributed by atoms with Crippen molar-refractivity contribution < 1.29 is 0 Å². The quantitative estimate of drug-likeness (QED) is 0.644. The van der Waals surface area contributed by atoms with Crippen molar-refractivity contribution in [1.82, 2.24) is 5.32 Å². The molecule has 1 heteroatoms. The van der Waals surface area contributed by atoms with Crippen LogP contribution >= 0.6 is 0 Å². The van der Waals surface area contributed by atoms with Gasteiger partial charge in [-0.3, -0.25) is 0 Å². The minimum absolute atomic E-state index is 0.840. The van der Waals surface area contributed by atoms with Crippen molar-refractivity contribution >= 4 is 0 Å². The van der Waals surface area contributed by atoms with Gasteiger partial charge in [0, 0.05) is 6.04 Å². The maximum atomic E-state index is 3.77. The molecule has 2 saturated carbocycles. The molecule has 0 saturated heterocycles. The number of fused-ring (bicyclic) bond motifs is 2. The number of hydrogen-bond donors (Lipinski definition) is 1. The molecule has 4 unspecified atom stereocenters. The van der Waals surface area contributed by atoms with Gasteiger partial charge in [0.15, 0.2) is 0 Å².